The maximum Gasteiger partial charge on any atom is 0.407 e. The van der Waals surface area contributed by atoms with Gasteiger partial charge in [-0.05, 0) is 105 Å². The minimum atomic E-state index is -2.40. The number of rotatable bonds is 42. The summed E-state index contributed by atoms with van der Waals surface area (Å²) in [5.41, 5.74) is 7.26. The minimum Gasteiger partial charge on any atom is -0.507 e. The summed E-state index contributed by atoms with van der Waals surface area (Å²) in [6.45, 7) is 13.5. The Bertz CT molecular complexity index is 4310. The summed E-state index contributed by atoms with van der Waals surface area (Å²) < 4.78 is 74.4. The first-order valence-electron chi connectivity index (χ1n) is 38.4. The molecule has 114 heavy (non-hydrogen) atoms. The SMILES string of the molecule is CCc1c2[nH]c(c1CC)CC1N=C(C=Nc3cc(OCCOCCOCCOC)c(OCCOCCOCCOC)cc3N=CC3=NC(=C2)C(CCCNC(=O)OCCSSCCOC(=O)N[C@H]2C[C@@H](OC4C[C@](O)(C(=O)CO)Cc5c(O)c6c(c(O)c54)C(=O)c4c(OC)cccc4C6=O)O[C@@H](C)[C@H]2O)=C3C)C(C)=C1CCCO. The summed E-state index contributed by atoms with van der Waals surface area (Å²) in [7, 11) is 7.31. The molecule has 620 valence electrons. The fraction of sp³-hybridized carbons (Fsp3) is 0.543. The van der Waals surface area contributed by atoms with Crippen LogP contribution in [0.4, 0.5) is 21.0 Å². The molecular weight excluding hydrogens is 1520 g/mol. The number of aromatic amines is 1. The summed E-state index contributed by atoms with van der Waals surface area (Å²) in [4.78, 5) is 92.2. The predicted molar refractivity (Wildman–Crippen MR) is 428 cm³/mol. The Labute approximate surface area is 670 Å². The molecule has 0 saturated carbocycles. The van der Waals surface area contributed by atoms with Gasteiger partial charge in [-0.3, -0.25) is 29.4 Å². The van der Waals surface area contributed by atoms with Crippen LogP contribution in [0.2, 0.25) is 0 Å². The van der Waals surface area contributed by atoms with Crippen molar-refractivity contribution in [2.45, 2.75) is 141 Å². The van der Waals surface area contributed by atoms with Gasteiger partial charge in [0.1, 0.15) is 62.0 Å². The minimum absolute atomic E-state index is 0.0370. The number of aliphatic hydroxyl groups excluding tert-OH is 3. The van der Waals surface area contributed by atoms with Crippen molar-refractivity contribution >= 4 is 92.4 Å². The molecule has 0 spiro atoms. The lowest BCUT2D eigenvalue weighted by Crippen LogP contribution is -2.56. The molecule has 33 heteroatoms. The molecule has 2 amide bonds. The number of phenols is 2. The van der Waals surface area contributed by atoms with Gasteiger partial charge in [-0.1, -0.05) is 47.6 Å². The smallest absolute Gasteiger partial charge is 0.407 e. The van der Waals surface area contributed by atoms with Crippen LogP contribution < -0.4 is 24.8 Å². The fourth-order valence-electron chi connectivity index (χ4n) is 14.6. The van der Waals surface area contributed by atoms with E-state index in [2.05, 4.69) is 42.5 Å². The number of Topliss-reactive ketones (excluding diaryl/α,β-unsaturated/α-hetero) is 1. The van der Waals surface area contributed by atoms with E-state index in [9.17, 15) is 54.6 Å². The zero-order valence-electron chi connectivity index (χ0n) is 65.7. The molecule has 7 atom stereocenters. The molecule has 4 aliphatic heterocycles. The van der Waals surface area contributed by atoms with Gasteiger partial charge in [0.15, 0.2) is 29.4 Å². The van der Waals surface area contributed by atoms with Crippen molar-refractivity contribution in [3.63, 3.8) is 0 Å². The number of hydrogen-bond donors (Lipinski definition) is 9. The van der Waals surface area contributed by atoms with Gasteiger partial charge in [0.2, 0.25) is 5.78 Å². The molecule has 6 bridgehead atoms. The zero-order valence-corrected chi connectivity index (χ0v) is 67.4. The number of aliphatic hydroxyl groups is 4. The third-order valence-corrected chi connectivity index (χ3v) is 22.7. The first-order chi connectivity index (χ1) is 55.2. The molecule has 31 nitrogen and oxygen atoms in total. The van der Waals surface area contributed by atoms with E-state index in [4.69, 9.17) is 81.5 Å². The molecule has 5 heterocycles. The van der Waals surface area contributed by atoms with Crippen molar-refractivity contribution in [2.24, 2.45) is 20.0 Å². The number of allylic oxidation sites excluding steroid dienone is 3. The number of aliphatic imine (C=N–C) groups is 4. The van der Waals surface area contributed by atoms with Crippen molar-refractivity contribution < 1.29 is 116 Å². The quantitative estimate of drug-likeness (QED) is 0.0100. The largest absolute Gasteiger partial charge is 0.507 e. The van der Waals surface area contributed by atoms with E-state index in [1.807, 2.05) is 6.92 Å². The summed E-state index contributed by atoms with van der Waals surface area (Å²) in [5.74, 6) is -2.67. The molecular formula is C81H105N7O24S2. The highest BCUT2D eigenvalue weighted by Gasteiger charge is 2.51. The Morgan fingerprint density at radius 1 is 0.719 bits per heavy atom. The topological polar surface area (TPSA) is 416 Å². The first kappa shape index (κ1) is 88.0. The average Bonchev–Trinajstić information content (AvgIpc) is 0.831. The van der Waals surface area contributed by atoms with E-state index >= 15 is 0 Å². The van der Waals surface area contributed by atoms with E-state index in [0.29, 0.717) is 132 Å². The maximum absolute atomic E-state index is 14.2. The summed E-state index contributed by atoms with van der Waals surface area (Å²) in [6.07, 6.45) is 1.97. The van der Waals surface area contributed by atoms with Gasteiger partial charge in [-0.25, -0.2) is 14.6 Å². The van der Waals surface area contributed by atoms with Crippen molar-refractivity contribution in [3.8, 4) is 28.7 Å². The van der Waals surface area contributed by atoms with Crippen molar-refractivity contribution in [2.75, 3.05) is 145 Å². The number of ketones is 3. The predicted octanol–water partition coefficient (Wildman–Crippen LogP) is 8.61. The van der Waals surface area contributed by atoms with Gasteiger partial charge in [0, 0.05) is 105 Å². The van der Waals surface area contributed by atoms with Crippen LogP contribution >= 0.6 is 21.6 Å². The molecule has 4 aromatic rings. The Kier molecular flexibility index (Phi) is 33.2. The molecule has 2 aliphatic carbocycles. The Morgan fingerprint density at radius 3 is 1.95 bits per heavy atom. The number of hydrogen-bond acceptors (Lipinski definition) is 30. The van der Waals surface area contributed by atoms with E-state index in [0.717, 1.165) is 57.9 Å². The number of carbonyl (C=O) groups is 5. The van der Waals surface area contributed by atoms with Gasteiger partial charge in [0.05, 0.1) is 155 Å². The van der Waals surface area contributed by atoms with E-state index < -0.39 is 108 Å². The maximum atomic E-state index is 14.2. The number of ether oxygens (including phenoxy) is 13. The number of amides is 2. The van der Waals surface area contributed by atoms with E-state index in [1.54, 1.807) is 38.8 Å². The highest BCUT2D eigenvalue weighted by Crippen LogP contribution is 2.53. The number of nitrogens with one attached hydrogen (secondary N) is 3. The van der Waals surface area contributed by atoms with E-state index in [-0.39, 0.29) is 86.7 Å². The van der Waals surface area contributed by atoms with Gasteiger partial charge >= 0.3 is 12.2 Å². The standard InChI is InChI=1S/C81H105N7O24S2/c1-9-49-50(10-2)56-37-58-52(16-13-19-89)47(4)63(87-58)44-84-60-39-66(108-31-29-106-27-25-104-23-21-101-7)65(107-30-28-105-26-24-103-22-20-100-6)38-59(60)83-43-62-46(3)51(57(86-62)36-55(49)85-56)15-12-18-82-79(97)109-32-34-113-114-35-33-110-80(98)88-61-40-69(111-48(5)74(61)92)112-67-42-81(99,68(91)45-90)41-54-71(67)78(96)73-72(76(54)94)75(93)53-14-11-17-64(102-8)70(53)77(73)95/h11,14,17,36,38-39,43-44,48,58,61,67,69,74,85,89-90,92,94,96,99H,9-10,12-13,15-16,18-35,37,40-42,45H2,1-8H3,(H,82,97)(H,88,98)/t48-,58?,61-,67?,69+,74+,81-/m0/s1. The number of alkyl carbamates (subject to hydrolysis) is 2. The van der Waals surface area contributed by atoms with Crippen LogP contribution in [-0.4, -0.2) is 270 Å². The lowest BCUT2D eigenvalue weighted by molar-refractivity contribution is -0.249. The molecule has 1 saturated heterocycles. The van der Waals surface area contributed by atoms with E-state index in [1.165, 1.54) is 64.9 Å². The van der Waals surface area contributed by atoms with Crippen LogP contribution in [0, 0.1) is 0 Å². The third kappa shape index (κ3) is 21.8. The number of nitrogens with zero attached hydrogens (tertiary/aromatic N) is 4. The lowest BCUT2D eigenvalue weighted by Gasteiger charge is -2.42. The number of aromatic hydroxyl groups is 2. The summed E-state index contributed by atoms with van der Waals surface area (Å²) >= 11 is 0. The van der Waals surface area contributed by atoms with Crippen molar-refractivity contribution in [3.05, 3.63) is 114 Å². The monoisotopic (exact) mass is 1620 g/mol. The van der Waals surface area contributed by atoms with Gasteiger partial charge in [-0.2, -0.15) is 0 Å². The number of benzene rings is 3. The molecule has 1 aromatic heterocycles. The summed E-state index contributed by atoms with van der Waals surface area (Å²) in [5, 5.41) is 72.2. The second-order valence-corrected chi connectivity index (χ2v) is 30.4. The molecule has 1 fully saturated rings. The fourth-order valence-corrected chi connectivity index (χ4v) is 16.2. The second-order valence-electron chi connectivity index (χ2n) is 27.7. The lowest BCUT2D eigenvalue weighted by atomic mass is 9.72. The Hall–Kier alpha value is -8.39. The zero-order chi connectivity index (χ0) is 81.4. The number of H-pyrrole nitrogens is 1. The van der Waals surface area contributed by atoms with Crippen molar-refractivity contribution in [1.82, 2.24) is 15.6 Å². The van der Waals surface area contributed by atoms with Crippen LogP contribution in [0.15, 0.2) is 78.3 Å². The highest BCUT2D eigenvalue weighted by molar-refractivity contribution is 8.76. The molecule has 6 aliphatic rings. The molecule has 0 radical (unpaired) electrons. The Balaban J connectivity index is 0.747. The van der Waals surface area contributed by atoms with Crippen LogP contribution in [0.25, 0.3) is 6.08 Å². The number of fused-ring (bicyclic) bond motifs is 8. The normalized spacial score (nSPS) is 20.3. The van der Waals surface area contributed by atoms with Gasteiger partial charge in [-0.15, -0.1) is 0 Å². The highest BCUT2D eigenvalue weighted by atomic mass is 33.1. The number of aromatic nitrogens is 1. The van der Waals surface area contributed by atoms with Crippen LogP contribution in [-0.2, 0) is 77.8 Å². The van der Waals surface area contributed by atoms with Crippen molar-refractivity contribution in [1.29, 1.82) is 0 Å². The number of carbonyl (C=O) groups excluding carboxylic acids is 5. The number of methoxy groups -OCH3 is 3. The van der Waals surface area contributed by atoms with Gasteiger partial charge in [0.25, 0.3) is 0 Å². The molecule has 10 rings (SSSR count). The van der Waals surface area contributed by atoms with Crippen LogP contribution in [0.3, 0.4) is 0 Å². The Morgan fingerprint density at radius 2 is 1.33 bits per heavy atom. The summed E-state index contributed by atoms with van der Waals surface area (Å²) in [6, 6.07) is 6.62. The van der Waals surface area contributed by atoms with Crippen LogP contribution in [0.1, 0.15) is 145 Å². The molecule has 3 aromatic carbocycles. The van der Waals surface area contributed by atoms with Crippen LogP contribution in [0.5, 0.6) is 28.7 Å². The van der Waals surface area contributed by atoms with Gasteiger partial charge < -0.3 is 108 Å². The number of phenolic OH excluding ortho intramolecular Hbond substituents is 2. The average molecular weight is 1620 g/mol. The first-order valence-corrected chi connectivity index (χ1v) is 40.9. The second kappa shape index (κ2) is 43.0. The molecule has 2 unspecified atom stereocenters. The molecule has 9 N–H and O–H groups in total. The third-order valence-electron chi connectivity index (χ3n) is 20.4.